The van der Waals surface area contributed by atoms with Crippen LogP contribution in [0.2, 0.25) is 0 Å². The standard InChI is InChI=1S/C8H14N2O.C2H6/c1-3-8-9-7(2)6-10(8)4-5-11;1-2/h6,11H,3-5H2,1-2H3;1-2H3. The van der Waals surface area contributed by atoms with Crippen molar-refractivity contribution in [1.29, 1.82) is 0 Å². The molecule has 0 amide bonds. The van der Waals surface area contributed by atoms with E-state index in [-0.39, 0.29) is 6.61 Å². The van der Waals surface area contributed by atoms with Crippen LogP contribution in [0.5, 0.6) is 0 Å². The van der Waals surface area contributed by atoms with Gasteiger partial charge < -0.3 is 9.67 Å². The van der Waals surface area contributed by atoms with Crippen molar-refractivity contribution in [2.45, 2.75) is 40.7 Å². The van der Waals surface area contributed by atoms with Gasteiger partial charge in [-0.1, -0.05) is 20.8 Å². The van der Waals surface area contributed by atoms with Gasteiger partial charge in [-0.25, -0.2) is 4.98 Å². The Labute approximate surface area is 80.4 Å². The summed E-state index contributed by atoms with van der Waals surface area (Å²) in [6, 6.07) is 0. The molecule has 0 saturated carbocycles. The zero-order valence-electron chi connectivity index (χ0n) is 9.04. The molecule has 0 radical (unpaired) electrons. The summed E-state index contributed by atoms with van der Waals surface area (Å²) in [5.41, 5.74) is 1.02. The van der Waals surface area contributed by atoms with Crippen molar-refractivity contribution in [3.8, 4) is 0 Å². The van der Waals surface area contributed by atoms with Crippen molar-refractivity contribution in [2.24, 2.45) is 0 Å². The van der Waals surface area contributed by atoms with E-state index in [0.717, 1.165) is 17.9 Å². The fraction of sp³-hybridized carbons (Fsp3) is 0.700. The minimum absolute atomic E-state index is 0.183. The number of hydrogen-bond acceptors (Lipinski definition) is 2. The van der Waals surface area contributed by atoms with Crippen LogP contribution in [-0.4, -0.2) is 21.3 Å². The van der Waals surface area contributed by atoms with E-state index in [1.165, 1.54) is 0 Å². The molecule has 0 saturated heterocycles. The number of aliphatic hydroxyl groups excluding tert-OH is 1. The second-order valence-electron chi connectivity index (χ2n) is 2.57. The van der Waals surface area contributed by atoms with Gasteiger partial charge in [0.15, 0.2) is 0 Å². The first kappa shape index (κ1) is 12.2. The molecule has 1 aromatic rings. The summed E-state index contributed by atoms with van der Waals surface area (Å²) in [7, 11) is 0. The predicted molar refractivity (Wildman–Crippen MR) is 54.8 cm³/mol. The van der Waals surface area contributed by atoms with Crippen LogP contribution in [0.1, 0.15) is 32.3 Å². The molecule has 1 heterocycles. The molecule has 1 rings (SSSR count). The molecule has 0 atom stereocenters. The van der Waals surface area contributed by atoms with E-state index in [1.807, 2.05) is 31.5 Å². The highest BCUT2D eigenvalue weighted by molar-refractivity contribution is 5.01. The van der Waals surface area contributed by atoms with Gasteiger partial charge in [0.2, 0.25) is 0 Å². The van der Waals surface area contributed by atoms with E-state index in [4.69, 9.17) is 5.11 Å². The van der Waals surface area contributed by atoms with Crippen molar-refractivity contribution in [3.05, 3.63) is 17.7 Å². The molecule has 3 nitrogen and oxygen atoms in total. The summed E-state index contributed by atoms with van der Waals surface area (Å²) in [5.74, 6) is 1.05. The van der Waals surface area contributed by atoms with Crippen LogP contribution in [-0.2, 0) is 13.0 Å². The van der Waals surface area contributed by atoms with Gasteiger partial charge in [-0.2, -0.15) is 0 Å². The van der Waals surface area contributed by atoms with Gasteiger partial charge >= 0.3 is 0 Å². The molecule has 0 spiro atoms. The van der Waals surface area contributed by atoms with E-state index < -0.39 is 0 Å². The molecule has 0 aromatic carbocycles. The van der Waals surface area contributed by atoms with Crippen LogP contribution in [0.4, 0.5) is 0 Å². The smallest absolute Gasteiger partial charge is 0.108 e. The third kappa shape index (κ3) is 3.59. The highest BCUT2D eigenvalue weighted by Gasteiger charge is 2.00. The van der Waals surface area contributed by atoms with Crippen molar-refractivity contribution < 1.29 is 5.11 Å². The van der Waals surface area contributed by atoms with Crippen molar-refractivity contribution in [3.63, 3.8) is 0 Å². The van der Waals surface area contributed by atoms with Crippen LogP contribution in [0.3, 0.4) is 0 Å². The molecule has 0 aliphatic heterocycles. The predicted octanol–water partition coefficient (Wildman–Crippen LogP) is 1.77. The Hall–Kier alpha value is -0.830. The second-order valence-corrected chi connectivity index (χ2v) is 2.57. The van der Waals surface area contributed by atoms with E-state index in [0.29, 0.717) is 6.54 Å². The molecule has 1 aromatic heterocycles. The largest absolute Gasteiger partial charge is 0.395 e. The van der Waals surface area contributed by atoms with Crippen LogP contribution < -0.4 is 0 Å². The van der Waals surface area contributed by atoms with E-state index in [1.54, 1.807) is 0 Å². The van der Waals surface area contributed by atoms with E-state index >= 15 is 0 Å². The first-order valence-corrected chi connectivity index (χ1v) is 4.91. The number of aromatic nitrogens is 2. The van der Waals surface area contributed by atoms with Gasteiger partial charge in [0.1, 0.15) is 5.82 Å². The molecular formula is C10H20N2O. The number of nitrogens with zero attached hydrogens (tertiary/aromatic N) is 2. The molecular weight excluding hydrogens is 164 g/mol. The molecule has 0 aliphatic rings. The monoisotopic (exact) mass is 184 g/mol. The number of imidazole rings is 1. The summed E-state index contributed by atoms with van der Waals surface area (Å²) < 4.78 is 2.00. The Morgan fingerprint density at radius 3 is 2.54 bits per heavy atom. The van der Waals surface area contributed by atoms with Crippen LogP contribution >= 0.6 is 0 Å². The fourth-order valence-electron chi connectivity index (χ4n) is 1.18. The Bertz CT molecular complexity index is 231. The Kier molecular flexibility index (Phi) is 6.24. The number of rotatable bonds is 3. The minimum Gasteiger partial charge on any atom is -0.395 e. The molecule has 1 N–H and O–H groups in total. The normalized spacial score (nSPS) is 9.31. The summed E-state index contributed by atoms with van der Waals surface area (Å²) in [6.07, 6.45) is 2.89. The molecule has 0 unspecified atom stereocenters. The maximum Gasteiger partial charge on any atom is 0.108 e. The van der Waals surface area contributed by atoms with Gasteiger partial charge in [0.25, 0.3) is 0 Å². The van der Waals surface area contributed by atoms with Gasteiger partial charge in [0.05, 0.1) is 12.3 Å². The first-order valence-electron chi connectivity index (χ1n) is 4.91. The molecule has 0 aliphatic carbocycles. The summed E-state index contributed by atoms with van der Waals surface area (Å²) in [4.78, 5) is 4.30. The van der Waals surface area contributed by atoms with Crippen LogP contribution in [0.25, 0.3) is 0 Å². The zero-order valence-corrected chi connectivity index (χ0v) is 9.04. The van der Waals surface area contributed by atoms with Gasteiger partial charge in [-0.15, -0.1) is 0 Å². The lowest BCUT2D eigenvalue weighted by Gasteiger charge is -2.01. The topological polar surface area (TPSA) is 38.0 Å². The molecule has 76 valence electrons. The third-order valence-electron chi connectivity index (χ3n) is 1.64. The lowest BCUT2D eigenvalue weighted by molar-refractivity contribution is 0.274. The summed E-state index contributed by atoms with van der Waals surface area (Å²) in [6.45, 7) is 8.87. The number of hydrogen-bond donors (Lipinski definition) is 1. The quantitative estimate of drug-likeness (QED) is 0.777. The lowest BCUT2D eigenvalue weighted by atomic mass is 10.4. The van der Waals surface area contributed by atoms with Crippen LogP contribution in [0, 0.1) is 6.92 Å². The van der Waals surface area contributed by atoms with E-state index in [9.17, 15) is 0 Å². The van der Waals surface area contributed by atoms with Crippen molar-refractivity contribution in [2.75, 3.05) is 6.61 Å². The summed E-state index contributed by atoms with van der Waals surface area (Å²) >= 11 is 0. The molecule has 3 heteroatoms. The van der Waals surface area contributed by atoms with Gasteiger partial charge in [-0.3, -0.25) is 0 Å². The number of aryl methyl sites for hydroxylation is 2. The summed E-state index contributed by atoms with van der Waals surface area (Å²) in [5, 5.41) is 8.70. The SMILES string of the molecule is CC.CCc1nc(C)cn1CCO. The highest BCUT2D eigenvalue weighted by atomic mass is 16.3. The second kappa shape index (κ2) is 6.66. The van der Waals surface area contributed by atoms with Gasteiger partial charge in [0, 0.05) is 19.2 Å². The van der Waals surface area contributed by atoms with Gasteiger partial charge in [-0.05, 0) is 6.92 Å². The molecule has 0 fully saturated rings. The Morgan fingerprint density at radius 1 is 1.46 bits per heavy atom. The Morgan fingerprint density at radius 2 is 2.08 bits per heavy atom. The number of aliphatic hydroxyl groups is 1. The minimum atomic E-state index is 0.183. The third-order valence-corrected chi connectivity index (χ3v) is 1.64. The van der Waals surface area contributed by atoms with Crippen molar-refractivity contribution >= 4 is 0 Å². The van der Waals surface area contributed by atoms with Crippen molar-refractivity contribution in [1.82, 2.24) is 9.55 Å². The van der Waals surface area contributed by atoms with E-state index in [2.05, 4.69) is 11.9 Å². The first-order chi connectivity index (χ1) is 6.27. The fourth-order valence-corrected chi connectivity index (χ4v) is 1.18. The lowest BCUT2D eigenvalue weighted by Crippen LogP contribution is -2.04. The maximum absolute atomic E-state index is 8.70. The average molecular weight is 184 g/mol. The molecule has 13 heavy (non-hydrogen) atoms. The maximum atomic E-state index is 8.70. The highest BCUT2D eigenvalue weighted by Crippen LogP contribution is 2.02. The average Bonchev–Trinajstić information content (AvgIpc) is 2.50. The Balaban J connectivity index is 0.000000671. The zero-order chi connectivity index (χ0) is 10.3. The van der Waals surface area contributed by atoms with Crippen LogP contribution in [0.15, 0.2) is 6.20 Å². The molecule has 0 bridgehead atoms.